The standard InChI is InChI=1S/C6H13NO6/c7-1-2(8)3(9)4(10)5(11)6(12)13/h2-5,8-11H,1,7H2,(H,12,13)/t2-,3-,4-,5+/m1/s1. The summed E-state index contributed by atoms with van der Waals surface area (Å²) in [6.45, 7) is -0.343. The summed E-state index contributed by atoms with van der Waals surface area (Å²) in [5.41, 5.74) is 4.94. The molecule has 78 valence electrons. The second kappa shape index (κ2) is 5.10. The van der Waals surface area contributed by atoms with Crippen LogP contribution in [0, 0.1) is 0 Å². The van der Waals surface area contributed by atoms with Gasteiger partial charge in [-0.05, 0) is 0 Å². The first kappa shape index (κ1) is 12.3. The lowest BCUT2D eigenvalue weighted by Gasteiger charge is -2.23. The van der Waals surface area contributed by atoms with E-state index in [1.54, 1.807) is 0 Å². The van der Waals surface area contributed by atoms with Crippen molar-refractivity contribution < 1.29 is 30.3 Å². The molecule has 4 atom stereocenters. The zero-order valence-electron chi connectivity index (χ0n) is 6.74. The molecule has 0 rings (SSSR count). The molecule has 0 bridgehead atoms. The highest BCUT2D eigenvalue weighted by molar-refractivity contribution is 5.72. The summed E-state index contributed by atoms with van der Waals surface area (Å²) in [6.07, 6.45) is -7.35. The SMILES string of the molecule is NC[C@@H](O)[C@@H](O)[C@@H](O)[C@H](O)C(=O)O. The molecule has 0 aromatic heterocycles. The number of hydrogen-bond donors (Lipinski definition) is 6. The number of aliphatic hydroxyl groups is 4. The molecule has 0 heterocycles. The summed E-state index contributed by atoms with van der Waals surface area (Å²) in [4.78, 5) is 10.1. The minimum atomic E-state index is -2.14. The van der Waals surface area contributed by atoms with Gasteiger partial charge in [0.05, 0.1) is 6.10 Å². The first-order valence-electron chi connectivity index (χ1n) is 3.57. The van der Waals surface area contributed by atoms with Crippen LogP contribution in [0.4, 0.5) is 0 Å². The quantitative estimate of drug-likeness (QED) is 0.266. The number of hydrogen-bond acceptors (Lipinski definition) is 6. The van der Waals surface area contributed by atoms with Gasteiger partial charge in [0.1, 0.15) is 12.2 Å². The van der Waals surface area contributed by atoms with Crippen molar-refractivity contribution in [1.29, 1.82) is 0 Å². The molecule has 0 aliphatic rings. The summed E-state index contributed by atoms with van der Waals surface area (Å²) >= 11 is 0. The Kier molecular flexibility index (Phi) is 4.81. The van der Waals surface area contributed by atoms with Gasteiger partial charge in [-0.25, -0.2) is 4.79 Å². The average molecular weight is 195 g/mol. The summed E-state index contributed by atoms with van der Waals surface area (Å²) in [5, 5.41) is 43.8. The fourth-order valence-corrected chi connectivity index (χ4v) is 0.700. The van der Waals surface area contributed by atoms with Crippen molar-refractivity contribution in [3.05, 3.63) is 0 Å². The fraction of sp³-hybridized carbons (Fsp3) is 0.833. The molecule has 7 N–H and O–H groups in total. The Hall–Kier alpha value is -0.730. The Morgan fingerprint density at radius 2 is 1.62 bits per heavy atom. The Bertz CT molecular complexity index is 175. The van der Waals surface area contributed by atoms with Gasteiger partial charge < -0.3 is 31.3 Å². The number of rotatable bonds is 5. The van der Waals surface area contributed by atoms with Crippen LogP contribution < -0.4 is 5.73 Å². The van der Waals surface area contributed by atoms with Crippen molar-refractivity contribution in [3.63, 3.8) is 0 Å². The van der Waals surface area contributed by atoms with Gasteiger partial charge in [-0.2, -0.15) is 0 Å². The highest BCUT2D eigenvalue weighted by atomic mass is 16.4. The molecule has 7 heteroatoms. The molecule has 7 nitrogen and oxygen atoms in total. The lowest BCUT2D eigenvalue weighted by atomic mass is 10.0. The monoisotopic (exact) mass is 195 g/mol. The summed E-state index contributed by atoms with van der Waals surface area (Å²) in [5.74, 6) is -1.68. The molecule has 0 aromatic carbocycles. The molecule has 0 spiro atoms. The molecule has 0 aromatic rings. The van der Waals surface area contributed by atoms with Crippen LogP contribution in [0.3, 0.4) is 0 Å². The van der Waals surface area contributed by atoms with Gasteiger partial charge in [-0.1, -0.05) is 0 Å². The lowest BCUT2D eigenvalue weighted by Crippen LogP contribution is -2.49. The van der Waals surface area contributed by atoms with Crippen LogP contribution in [0.5, 0.6) is 0 Å². The number of aliphatic carboxylic acids is 1. The van der Waals surface area contributed by atoms with Crippen LogP contribution in [0.2, 0.25) is 0 Å². The largest absolute Gasteiger partial charge is 0.479 e. The second-order valence-electron chi connectivity index (χ2n) is 2.57. The Morgan fingerprint density at radius 3 is 1.92 bits per heavy atom. The van der Waals surface area contributed by atoms with E-state index in [4.69, 9.17) is 31.3 Å². The van der Waals surface area contributed by atoms with Gasteiger partial charge in [-0.3, -0.25) is 0 Å². The molecule has 0 amide bonds. The van der Waals surface area contributed by atoms with Crippen LogP contribution in [0.15, 0.2) is 0 Å². The lowest BCUT2D eigenvalue weighted by molar-refractivity contribution is -0.162. The Morgan fingerprint density at radius 1 is 1.15 bits per heavy atom. The van der Waals surface area contributed by atoms with E-state index in [9.17, 15) is 4.79 Å². The van der Waals surface area contributed by atoms with Crippen LogP contribution in [0.25, 0.3) is 0 Å². The van der Waals surface area contributed by atoms with Crippen LogP contribution >= 0.6 is 0 Å². The molecule has 0 radical (unpaired) electrons. The van der Waals surface area contributed by atoms with E-state index in [2.05, 4.69) is 0 Å². The summed E-state index contributed by atoms with van der Waals surface area (Å²) in [7, 11) is 0. The van der Waals surface area contributed by atoms with Crippen LogP contribution in [-0.4, -0.2) is 62.5 Å². The number of aliphatic hydroxyl groups excluding tert-OH is 4. The van der Waals surface area contributed by atoms with Crippen molar-refractivity contribution >= 4 is 5.97 Å². The van der Waals surface area contributed by atoms with Crippen LogP contribution in [0.1, 0.15) is 0 Å². The molecular formula is C6H13NO6. The fourth-order valence-electron chi connectivity index (χ4n) is 0.700. The highest BCUT2D eigenvalue weighted by Crippen LogP contribution is 2.04. The highest BCUT2D eigenvalue weighted by Gasteiger charge is 2.33. The number of carbonyl (C=O) groups is 1. The van der Waals surface area contributed by atoms with E-state index in [1.807, 2.05) is 0 Å². The smallest absolute Gasteiger partial charge is 0.335 e. The van der Waals surface area contributed by atoms with E-state index < -0.39 is 30.4 Å². The molecule has 0 fully saturated rings. The molecule has 0 aliphatic carbocycles. The predicted octanol–water partition coefficient (Wildman–Crippen LogP) is -3.53. The van der Waals surface area contributed by atoms with E-state index >= 15 is 0 Å². The number of carboxylic acid groups (broad SMARTS) is 1. The van der Waals surface area contributed by atoms with Crippen LogP contribution in [-0.2, 0) is 4.79 Å². The van der Waals surface area contributed by atoms with E-state index in [0.717, 1.165) is 0 Å². The second-order valence-corrected chi connectivity index (χ2v) is 2.57. The first-order chi connectivity index (χ1) is 5.91. The number of nitrogens with two attached hydrogens (primary N) is 1. The maximum absolute atomic E-state index is 10.1. The molecule has 13 heavy (non-hydrogen) atoms. The van der Waals surface area contributed by atoms with Crippen molar-refractivity contribution in [2.24, 2.45) is 5.73 Å². The van der Waals surface area contributed by atoms with Crippen molar-refractivity contribution in [3.8, 4) is 0 Å². The molecular weight excluding hydrogens is 182 g/mol. The predicted molar refractivity (Wildman–Crippen MR) is 40.7 cm³/mol. The van der Waals surface area contributed by atoms with Gasteiger partial charge in [-0.15, -0.1) is 0 Å². The number of carboxylic acids is 1. The van der Waals surface area contributed by atoms with Crippen molar-refractivity contribution in [2.45, 2.75) is 24.4 Å². The van der Waals surface area contributed by atoms with Gasteiger partial charge in [0.25, 0.3) is 0 Å². The first-order valence-corrected chi connectivity index (χ1v) is 3.57. The van der Waals surface area contributed by atoms with E-state index in [1.165, 1.54) is 0 Å². The zero-order chi connectivity index (χ0) is 10.6. The van der Waals surface area contributed by atoms with E-state index in [-0.39, 0.29) is 6.54 Å². The summed E-state index contributed by atoms with van der Waals surface area (Å²) in [6, 6.07) is 0. The van der Waals surface area contributed by atoms with Crippen molar-refractivity contribution in [2.75, 3.05) is 6.54 Å². The van der Waals surface area contributed by atoms with Crippen molar-refractivity contribution in [1.82, 2.24) is 0 Å². The zero-order valence-corrected chi connectivity index (χ0v) is 6.74. The third-order valence-corrected chi connectivity index (χ3v) is 1.56. The van der Waals surface area contributed by atoms with Gasteiger partial charge in [0.2, 0.25) is 0 Å². The summed E-state index contributed by atoms with van der Waals surface area (Å²) < 4.78 is 0. The van der Waals surface area contributed by atoms with Gasteiger partial charge in [0.15, 0.2) is 6.10 Å². The molecule has 0 saturated heterocycles. The normalized spacial score (nSPS) is 20.4. The molecule has 0 aliphatic heterocycles. The molecule has 0 saturated carbocycles. The maximum atomic E-state index is 10.1. The minimum Gasteiger partial charge on any atom is -0.479 e. The Labute approximate surface area is 74.0 Å². The topological polar surface area (TPSA) is 144 Å². The molecule has 0 unspecified atom stereocenters. The third kappa shape index (κ3) is 3.25. The van der Waals surface area contributed by atoms with E-state index in [0.29, 0.717) is 0 Å². The average Bonchev–Trinajstić information content (AvgIpc) is 2.12. The Balaban J connectivity index is 4.24. The van der Waals surface area contributed by atoms with Gasteiger partial charge >= 0.3 is 5.97 Å². The third-order valence-electron chi connectivity index (χ3n) is 1.56. The van der Waals surface area contributed by atoms with Gasteiger partial charge in [0, 0.05) is 6.54 Å². The minimum absolute atomic E-state index is 0.343. The maximum Gasteiger partial charge on any atom is 0.335 e.